The van der Waals surface area contributed by atoms with Crippen molar-refractivity contribution >= 4 is 43.2 Å². The lowest BCUT2D eigenvalue weighted by molar-refractivity contribution is 0.0341. The van der Waals surface area contributed by atoms with E-state index in [1.807, 2.05) is 36.4 Å². The van der Waals surface area contributed by atoms with E-state index in [-0.39, 0.29) is 16.3 Å². The fourth-order valence-corrected chi connectivity index (χ4v) is 6.44. The molecule has 36 heavy (non-hydrogen) atoms. The molecule has 10 heteroatoms. The Bertz CT molecular complexity index is 1530. The van der Waals surface area contributed by atoms with Gasteiger partial charge in [0.2, 0.25) is 10.0 Å². The summed E-state index contributed by atoms with van der Waals surface area (Å²) in [4.78, 5) is 15.0. The van der Waals surface area contributed by atoms with Crippen molar-refractivity contribution in [2.24, 2.45) is 0 Å². The van der Waals surface area contributed by atoms with Crippen molar-refractivity contribution in [1.29, 1.82) is 0 Å². The molecule has 1 aliphatic rings. The van der Waals surface area contributed by atoms with Crippen molar-refractivity contribution < 1.29 is 13.2 Å². The lowest BCUT2D eigenvalue weighted by Gasteiger charge is -2.27. The number of sulfonamides is 1. The minimum atomic E-state index is -3.77. The van der Waals surface area contributed by atoms with Crippen LogP contribution in [0.3, 0.4) is 0 Å². The summed E-state index contributed by atoms with van der Waals surface area (Å²) in [5.41, 5.74) is 3.67. The first-order chi connectivity index (χ1) is 17.4. The Balaban J connectivity index is 1.33. The summed E-state index contributed by atoms with van der Waals surface area (Å²) in [6, 6.07) is 20.0. The highest BCUT2D eigenvalue weighted by atomic mass is 35.5. The van der Waals surface area contributed by atoms with Crippen LogP contribution in [0.5, 0.6) is 0 Å². The standard InChI is InChI=1S/C26H26ClN3O4S2/c27-22-7-5-19(6-8-22)17-30-24-10-9-23(15-25(24)35-26(30)31)36(32,33)28-16-20-3-1-2-4-21(20)18-29-11-13-34-14-12-29/h1-10,15,28H,11-14,16-18H2. The van der Waals surface area contributed by atoms with Crippen LogP contribution < -0.4 is 9.60 Å². The van der Waals surface area contributed by atoms with Crippen molar-refractivity contribution in [2.45, 2.75) is 24.5 Å². The number of benzene rings is 3. The zero-order valence-electron chi connectivity index (χ0n) is 19.5. The van der Waals surface area contributed by atoms with Gasteiger partial charge in [0.25, 0.3) is 0 Å². The Morgan fingerprint density at radius 2 is 1.67 bits per heavy atom. The van der Waals surface area contributed by atoms with Crippen LogP contribution in [-0.4, -0.2) is 44.2 Å². The van der Waals surface area contributed by atoms with Crippen molar-refractivity contribution in [3.63, 3.8) is 0 Å². The second-order valence-corrected chi connectivity index (χ2v) is 11.9. The minimum absolute atomic E-state index is 0.139. The first-order valence-corrected chi connectivity index (χ1v) is 14.3. The van der Waals surface area contributed by atoms with Gasteiger partial charge in [-0.3, -0.25) is 14.3 Å². The van der Waals surface area contributed by atoms with Crippen LogP contribution >= 0.6 is 22.9 Å². The zero-order chi connectivity index (χ0) is 25.1. The van der Waals surface area contributed by atoms with E-state index < -0.39 is 10.0 Å². The van der Waals surface area contributed by atoms with Crippen LogP contribution in [0.4, 0.5) is 0 Å². The Morgan fingerprint density at radius 3 is 2.42 bits per heavy atom. The highest BCUT2D eigenvalue weighted by Gasteiger charge is 2.18. The fraction of sp³-hybridized carbons (Fsp3) is 0.269. The third-order valence-corrected chi connectivity index (χ3v) is 8.87. The zero-order valence-corrected chi connectivity index (χ0v) is 21.9. The van der Waals surface area contributed by atoms with Gasteiger partial charge in [-0.05, 0) is 47.0 Å². The lowest BCUT2D eigenvalue weighted by Crippen LogP contribution is -2.36. The molecule has 1 fully saturated rings. The monoisotopic (exact) mass is 543 g/mol. The number of ether oxygens (including phenoxy) is 1. The largest absolute Gasteiger partial charge is 0.379 e. The van der Waals surface area contributed by atoms with Gasteiger partial charge in [-0.2, -0.15) is 0 Å². The summed E-state index contributed by atoms with van der Waals surface area (Å²) in [6.07, 6.45) is 0. The predicted molar refractivity (Wildman–Crippen MR) is 143 cm³/mol. The second kappa shape index (κ2) is 10.8. The van der Waals surface area contributed by atoms with Crippen molar-refractivity contribution in [2.75, 3.05) is 26.3 Å². The van der Waals surface area contributed by atoms with E-state index in [1.54, 1.807) is 34.9 Å². The smallest absolute Gasteiger partial charge is 0.308 e. The van der Waals surface area contributed by atoms with Crippen molar-refractivity contribution in [1.82, 2.24) is 14.2 Å². The lowest BCUT2D eigenvalue weighted by atomic mass is 10.1. The number of morpholine rings is 1. The van der Waals surface area contributed by atoms with Crippen molar-refractivity contribution in [3.05, 3.63) is 98.1 Å². The molecule has 0 spiro atoms. The van der Waals surface area contributed by atoms with Gasteiger partial charge in [0, 0.05) is 31.2 Å². The first kappa shape index (κ1) is 25.1. The molecular formula is C26H26ClN3O4S2. The van der Waals surface area contributed by atoms with E-state index >= 15 is 0 Å². The molecule has 7 nitrogen and oxygen atoms in total. The van der Waals surface area contributed by atoms with Gasteiger partial charge in [0.15, 0.2) is 0 Å². The number of rotatable bonds is 8. The molecule has 3 aromatic carbocycles. The third-order valence-electron chi connectivity index (χ3n) is 6.27. The average Bonchev–Trinajstić information content (AvgIpc) is 3.19. The normalized spacial score (nSPS) is 14.9. The van der Waals surface area contributed by atoms with Crippen LogP contribution in [0.25, 0.3) is 10.2 Å². The summed E-state index contributed by atoms with van der Waals surface area (Å²) in [5.74, 6) is 0. The molecular weight excluding hydrogens is 518 g/mol. The number of nitrogens with zero attached hydrogens (tertiary/aromatic N) is 2. The molecule has 1 aromatic heterocycles. The Labute approximate surface area is 218 Å². The van der Waals surface area contributed by atoms with Gasteiger partial charge in [0.1, 0.15) is 0 Å². The maximum absolute atomic E-state index is 13.1. The molecule has 0 bridgehead atoms. The van der Waals surface area contributed by atoms with E-state index in [4.69, 9.17) is 16.3 Å². The number of hydrogen-bond acceptors (Lipinski definition) is 6. The molecule has 4 aromatic rings. The number of thiazole rings is 1. The van der Waals surface area contributed by atoms with Crippen molar-refractivity contribution in [3.8, 4) is 0 Å². The molecule has 1 aliphatic heterocycles. The average molecular weight is 544 g/mol. The van der Waals surface area contributed by atoms with Crippen LogP contribution in [0.15, 0.2) is 76.4 Å². The van der Waals surface area contributed by atoms with Gasteiger partial charge in [-0.25, -0.2) is 13.1 Å². The molecule has 0 atom stereocenters. The Morgan fingerprint density at radius 1 is 0.944 bits per heavy atom. The molecule has 1 N–H and O–H groups in total. The topological polar surface area (TPSA) is 80.6 Å². The highest BCUT2D eigenvalue weighted by Crippen LogP contribution is 2.23. The molecule has 1 saturated heterocycles. The fourth-order valence-electron chi connectivity index (χ4n) is 4.28. The van der Waals surface area contributed by atoms with Crippen LogP contribution in [0.1, 0.15) is 16.7 Å². The Kier molecular flexibility index (Phi) is 7.57. The van der Waals surface area contributed by atoms with Crippen LogP contribution in [-0.2, 0) is 34.4 Å². The van der Waals surface area contributed by atoms with Gasteiger partial charge >= 0.3 is 4.87 Å². The molecule has 0 amide bonds. The van der Waals surface area contributed by atoms with E-state index in [0.29, 0.717) is 35.0 Å². The molecule has 0 saturated carbocycles. The number of hydrogen-bond donors (Lipinski definition) is 1. The SMILES string of the molecule is O=c1sc2cc(S(=O)(=O)NCc3ccccc3CN3CCOCC3)ccc2n1Cc1ccc(Cl)cc1. The Hall–Kier alpha value is -2.53. The number of aromatic nitrogens is 1. The summed E-state index contributed by atoms with van der Waals surface area (Å²) >= 11 is 7.00. The van der Waals surface area contributed by atoms with Crippen LogP contribution in [0.2, 0.25) is 5.02 Å². The van der Waals surface area contributed by atoms with E-state index in [2.05, 4.69) is 9.62 Å². The predicted octanol–water partition coefficient (Wildman–Crippen LogP) is 4.08. The third kappa shape index (κ3) is 5.72. The maximum Gasteiger partial charge on any atom is 0.308 e. The summed E-state index contributed by atoms with van der Waals surface area (Å²) in [5, 5.41) is 0.632. The molecule has 0 unspecified atom stereocenters. The molecule has 0 radical (unpaired) electrons. The summed E-state index contributed by atoms with van der Waals surface area (Å²) in [6.45, 7) is 4.48. The molecule has 0 aliphatic carbocycles. The van der Waals surface area contributed by atoms with Gasteiger partial charge in [-0.1, -0.05) is 59.3 Å². The van der Waals surface area contributed by atoms with Gasteiger partial charge in [-0.15, -0.1) is 0 Å². The second-order valence-electron chi connectivity index (χ2n) is 8.69. The van der Waals surface area contributed by atoms with E-state index in [0.717, 1.165) is 47.7 Å². The molecule has 2 heterocycles. The summed E-state index contributed by atoms with van der Waals surface area (Å²) in [7, 11) is -3.77. The number of fused-ring (bicyclic) bond motifs is 1. The van der Waals surface area contributed by atoms with Crippen LogP contribution in [0, 0.1) is 0 Å². The summed E-state index contributed by atoms with van der Waals surface area (Å²) < 4.78 is 36.7. The van der Waals surface area contributed by atoms with E-state index in [9.17, 15) is 13.2 Å². The minimum Gasteiger partial charge on any atom is -0.379 e. The number of nitrogens with one attached hydrogen (secondary N) is 1. The number of halogens is 1. The first-order valence-electron chi connectivity index (χ1n) is 11.6. The quantitative estimate of drug-likeness (QED) is 0.362. The van der Waals surface area contributed by atoms with Gasteiger partial charge in [0.05, 0.1) is 34.9 Å². The molecule has 188 valence electrons. The van der Waals surface area contributed by atoms with Gasteiger partial charge < -0.3 is 4.74 Å². The molecule has 5 rings (SSSR count). The highest BCUT2D eigenvalue weighted by molar-refractivity contribution is 7.89. The maximum atomic E-state index is 13.1. The van der Waals surface area contributed by atoms with E-state index in [1.165, 1.54) is 0 Å².